The van der Waals surface area contributed by atoms with Gasteiger partial charge < -0.3 is 14.7 Å². The van der Waals surface area contributed by atoms with Crippen LogP contribution in [0.15, 0.2) is 24.3 Å². The summed E-state index contributed by atoms with van der Waals surface area (Å²) in [4.78, 5) is 24.9. The van der Waals surface area contributed by atoms with Crippen molar-refractivity contribution in [3.05, 3.63) is 52.3 Å². The van der Waals surface area contributed by atoms with Crippen molar-refractivity contribution in [2.45, 2.75) is 39.0 Å². The average molecular weight is 411 g/mol. The number of hydrogen-bond acceptors (Lipinski definition) is 4. The Hall–Kier alpha value is -3.04. The topological polar surface area (TPSA) is 84.7 Å². The lowest BCUT2D eigenvalue weighted by molar-refractivity contribution is -0.137. The Kier molecular flexibility index (Phi) is 5.81. The fourth-order valence-corrected chi connectivity index (χ4v) is 3.24. The molecule has 1 amide bonds. The fraction of sp³-hybridized carbons (Fsp3) is 0.421. The summed E-state index contributed by atoms with van der Waals surface area (Å²) in [5, 5.41) is 13.0. The van der Waals surface area contributed by atoms with E-state index in [0.29, 0.717) is 36.3 Å². The predicted molar refractivity (Wildman–Crippen MR) is 95.4 cm³/mol. The number of fused-ring (bicyclic) bond motifs is 1. The first-order valence-electron chi connectivity index (χ1n) is 9.03. The molecule has 1 N–H and O–H groups in total. The summed E-state index contributed by atoms with van der Waals surface area (Å²) < 4.78 is 45.5. The van der Waals surface area contributed by atoms with Crippen molar-refractivity contribution >= 4 is 12.1 Å². The van der Waals surface area contributed by atoms with Gasteiger partial charge in [-0.15, -0.1) is 0 Å². The third-order valence-corrected chi connectivity index (χ3v) is 4.57. The van der Waals surface area contributed by atoms with Crippen LogP contribution in [-0.2, 0) is 30.4 Å². The van der Waals surface area contributed by atoms with Gasteiger partial charge in [0.05, 0.1) is 24.4 Å². The smallest absolute Gasteiger partial charge is 0.416 e. The highest BCUT2D eigenvalue weighted by Gasteiger charge is 2.31. The number of carboxylic acid groups (broad SMARTS) is 1. The van der Waals surface area contributed by atoms with E-state index in [0.717, 1.165) is 12.1 Å². The molecular weight excluding hydrogens is 391 g/mol. The van der Waals surface area contributed by atoms with E-state index in [1.54, 1.807) is 17.7 Å². The molecule has 1 aromatic carbocycles. The molecule has 156 valence electrons. The van der Waals surface area contributed by atoms with Gasteiger partial charge in [0.1, 0.15) is 0 Å². The number of halogens is 3. The first-order valence-corrected chi connectivity index (χ1v) is 9.03. The Morgan fingerprint density at radius 2 is 1.97 bits per heavy atom. The molecule has 1 aliphatic heterocycles. The van der Waals surface area contributed by atoms with Crippen LogP contribution in [0.4, 0.5) is 18.0 Å². The molecule has 0 saturated carbocycles. The lowest BCUT2D eigenvalue weighted by atomic mass is 10.0. The first kappa shape index (κ1) is 20.7. The van der Waals surface area contributed by atoms with Crippen molar-refractivity contribution in [1.29, 1.82) is 0 Å². The van der Waals surface area contributed by atoms with Gasteiger partial charge in [-0.2, -0.15) is 18.3 Å². The lowest BCUT2D eigenvalue weighted by Gasteiger charge is -2.19. The Labute approximate surface area is 164 Å². The number of rotatable bonds is 4. The molecule has 0 fully saturated rings. The van der Waals surface area contributed by atoms with E-state index in [9.17, 15) is 22.8 Å². The summed E-state index contributed by atoms with van der Waals surface area (Å²) >= 11 is 0. The number of nitrogens with zero attached hydrogens (tertiary/aromatic N) is 3. The van der Waals surface area contributed by atoms with E-state index in [2.05, 4.69) is 5.10 Å². The molecule has 2 aromatic rings. The average Bonchev–Trinajstić information content (AvgIpc) is 2.92. The molecule has 1 aromatic heterocycles. The number of ether oxygens (including phenoxy) is 1. The number of benzene rings is 1. The van der Waals surface area contributed by atoms with E-state index >= 15 is 0 Å². The number of carbonyl (C=O) groups is 2. The molecule has 0 saturated heterocycles. The molecule has 10 heteroatoms. The van der Waals surface area contributed by atoms with E-state index in [1.807, 2.05) is 0 Å². The van der Waals surface area contributed by atoms with Gasteiger partial charge in [0.2, 0.25) is 0 Å². The van der Waals surface area contributed by atoms with E-state index in [-0.39, 0.29) is 25.3 Å². The van der Waals surface area contributed by atoms with Crippen LogP contribution in [0.2, 0.25) is 0 Å². The zero-order chi connectivity index (χ0) is 21.2. The van der Waals surface area contributed by atoms with Crippen LogP contribution in [0, 0.1) is 6.92 Å². The van der Waals surface area contributed by atoms with Crippen molar-refractivity contribution in [2.75, 3.05) is 13.2 Å². The third kappa shape index (κ3) is 5.07. The highest BCUT2D eigenvalue weighted by Crippen LogP contribution is 2.30. The van der Waals surface area contributed by atoms with Gasteiger partial charge in [-0.25, -0.2) is 9.59 Å². The van der Waals surface area contributed by atoms with Gasteiger partial charge >= 0.3 is 18.2 Å². The third-order valence-electron chi connectivity index (χ3n) is 4.57. The summed E-state index contributed by atoms with van der Waals surface area (Å²) in [7, 11) is 0. The Morgan fingerprint density at radius 1 is 1.21 bits per heavy atom. The minimum atomic E-state index is -4.43. The predicted octanol–water partition coefficient (Wildman–Crippen LogP) is 3.49. The van der Waals surface area contributed by atoms with Gasteiger partial charge in [-0.05, 0) is 37.1 Å². The minimum absolute atomic E-state index is 0.0598. The SMILES string of the molecule is Cc1cc(CCOC(=O)N2CCCn3nc(C(=O)O)cc3C2)cc(C(F)(F)F)c1. The Morgan fingerprint density at radius 3 is 2.66 bits per heavy atom. The highest BCUT2D eigenvalue weighted by atomic mass is 19.4. The van der Waals surface area contributed by atoms with Crippen LogP contribution < -0.4 is 0 Å². The molecule has 2 heterocycles. The van der Waals surface area contributed by atoms with Crippen LogP contribution in [0.1, 0.15) is 39.3 Å². The maximum Gasteiger partial charge on any atom is 0.416 e. The quantitative estimate of drug-likeness (QED) is 0.833. The normalized spacial score (nSPS) is 14.3. The summed E-state index contributed by atoms with van der Waals surface area (Å²) in [5.41, 5.74) is 0.690. The molecule has 1 aliphatic rings. The second kappa shape index (κ2) is 8.14. The van der Waals surface area contributed by atoms with Crippen molar-refractivity contribution < 1.29 is 32.6 Å². The standard InChI is InChI=1S/C19H20F3N3O4/c1-12-7-13(9-14(8-12)19(20,21)22)3-6-29-18(28)24-4-2-5-25-15(11-24)10-16(23-25)17(26)27/h7-10H,2-6,11H2,1H3,(H,26,27). The van der Waals surface area contributed by atoms with Crippen molar-refractivity contribution in [1.82, 2.24) is 14.7 Å². The molecule has 0 radical (unpaired) electrons. The van der Waals surface area contributed by atoms with E-state index < -0.39 is 23.8 Å². The zero-order valence-corrected chi connectivity index (χ0v) is 15.7. The Balaban J connectivity index is 1.59. The summed E-state index contributed by atoms with van der Waals surface area (Å²) in [5.74, 6) is -1.14. The number of alkyl halides is 3. The Bertz CT molecular complexity index is 924. The molecule has 0 bridgehead atoms. The lowest BCUT2D eigenvalue weighted by Crippen LogP contribution is -2.31. The van der Waals surface area contributed by atoms with Crippen LogP contribution >= 0.6 is 0 Å². The minimum Gasteiger partial charge on any atom is -0.476 e. The number of aromatic carboxylic acids is 1. The van der Waals surface area contributed by atoms with Crippen molar-refractivity contribution in [3.63, 3.8) is 0 Å². The molecule has 29 heavy (non-hydrogen) atoms. The number of aryl methyl sites for hydroxylation is 2. The largest absolute Gasteiger partial charge is 0.476 e. The van der Waals surface area contributed by atoms with Gasteiger partial charge in [-0.1, -0.05) is 11.6 Å². The molecular formula is C19H20F3N3O4. The molecule has 7 nitrogen and oxygen atoms in total. The van der Waals surface area contributed by atoms with Crippen LogP contribution in [0.5, 0.6) is 0 Å². The van der Waals surface area contributed by atoms with Gasteiger partial charge in [-0.3, -0.25) is 4.68 Å². The maximum absolute atomic E-state index is 12.9. The second-order valence-corrected chi connectivity index (χ2v) is 6.89. The fourth-order valence-electron chi connectivity index (χ4n) is 3.24. The van der Waals surface area contributed by atoms with Crippen molar-refractivity contribution in [3.8, 4) is 0 Å². The molecule has 0 aliphatic carbocycles. The van der Waals surface area contributed by atoms with Gasteiger partial charge in [0.25, 0.3) is 0 Å². The summed E-state index contributed by atoms with van der Waals surface area (Å²) in [6.45, 7) is 2.57. The first-order chi connectivity index (χ1) is 13.6. The van der Waals surface area contributed by atoms with E-state index in [1.165, 1.54) is 11.0 Å². The molecule has 0 atom stereocenters. The molecule has 0 spiro atoms. The summed E-state index contributed by atoms with van der Waals surface area (Å²) in [6.07, 6.45) is -4.29. The second-order valence-electron chi connectivity index (χ2n) is 6.89. The highest BCUT2D eigenvalue weighted by molar-refractivity contribution is 5.85. The van der Waals surface area contributed by atoms with Crippen LogP contribution in [-0.4, -0.2) is 45.0 Å². The summed E-state index contributed by atoms with van der Waals surface area (Å²) in [6, 6.07) is 5.17. The van der Waals surface area contributed by atoms with E-state index in [4.69, 9.17) is 9.84 Å². The monoisotopic (exact) mass is 411 g/mol. The number of amides is 1. The van der Waals surface area contributed by atoms with Crippen molar-refractivity contribution in [2.24, 2.45) is 0 Å². The zero-order valence-electron chi connectivity index (χ0n) is 15.7. The maximum atomic E-state index is 12.9. The number of carboxylic acids is 1. The van der Waals surface area contributed by atoms with Crippen LogP contribution in [0.3, 0.4) is 0 Å². The molecule has 3 rings (SSSR count). The number of hydrogen-bond donors (Lipinski definition) is 1. The van der Waals surface area contributed by atoms with Gasteiger partial charge in [0, 0.05) is 19.5 Å². The molecule has 0 unspecified atom stereocenters. The van der Waals surface area contributed by atoms with Crippen LogP contribution in [0.25, 0.3) is 0 Å². The number of aromatic nitrogens is 2. The van der Waals surface area contributed by atoms with Gasteiger partial charge in [0.15, 0.2) is 5.69 Å². The number of carbonyl (C=O) groups excluding carboxylic acids is 1.